The minimum atomic E-state index is -4.24. The fourth-order valence-corrected chi connectivity index (χ4v) is 5.48. The largest absolute Gasteiger partial charge is 0.355 e. The first-order valence-corrected chi connectivity index (χ1v) is 13.6. The predicted molar refractivity (Wildman–Crippen MR) is 142 cm³/mol. The number of sulfonamides is 1. The maximum Gasteiger partial charge on any atom is 0.264 e. The molecule has 1 N–H and O–H groups in total. The number of rotatable bonds is 11. The zero-order valence-corrected chi connectivity index (χ0v) is 22.2. The number of hydrogen-bond acceptors (Lipinski definition) is 4. The molecule has 10 heteroatoms. The fourth-order valence-electron chi connectivity index (χ4n) is 3.88. The summed E-state index contributed by atoms with van der Waals surface area (Å²) in [7, 11) is -4.24. The monoisotopic (exact) mass is 545 g/mol. The van der Waals surface area contributed by atoms with E-state index in [2.05, 4.69) is 5.32 Å². The van der Waals surface area contributed by atoms with E-state index in [4.69, 9.17) is 11.6 Å². The minimum Gasteiger partial charge on any atom is -0.355 e. The molecule has 3 rings (SSSR count). The highest BCUT2D eigenvalue weighted by atomic mass is 35.5. The molecule has 0 saturated carbocycles. The Balaban J connectivity index is 2.06. The Kier molecular flexibility index (Phi) is 9.66. The predicted octanol–water partition coefficient (Wildman–Crippen LogP) is 4.62. The van der Waals surface area contributed by atoms with Crippen LogP contribution in [0, 0.1) is 5.82 Å². The lowest BCUT2D eigenvalue weighted by atomic mass is 10.1. The number of amides is 2. The highest BCUT2D eigenvalue weighted by Crippen LogP contribution is 2.28. The van der Waals surface area contributed by atoms with E-state index in [1.807, 2.05) is 30.3 Å². The molecule has 3 aromatic rings. The fraction of sp³-hybridized carbons (Fsp3) is 0.259. The van der Waals surface area contributed by atoms with E-state index in [1.54, 1.807) is 32.0 Å². The Bertz CT molecular complexity index is 1320. The lowest BCUT2D eigenvalue weighted by Crippen LogP contribution is -2.52. The van der Waals surface area contributed by atoms with Gasteiger partial charge in [0.15, 0.2) is 0 Å². The summed E-state index contributed by atoms with van der Waals surface area (Å²) in [6.45, 7) is 3.41. The first kappa shape index (κ1) is 28.1. The second-order valence-electron chi connectivity index (χ2n) is 8.25. The molecule has 37 heavy (non-hydrogen) atoms. The lowest BCUT2D eigenvalue weighted by Gasteiger charge is -2.33. The van der Waals surface area contributed by atoms with Crippen molar-refractivity contribution in [3.8, 4) is 0 Å². The van der Waals surface area contributed by atoms with Gasteiger partial charge in [-0.05, 0) is 49.2 Å². The van der Waals surface area contributed by atoms with Gasteiger partial charge in [-0.1, -0.05) is 67.1 Å². The van der Waals surface area contributed by atoms with Crippen LogP contribution in [0.25, 0.3) is 0 Å². The molecule has 0 saturated heterocycles. The van der Waals surface area contributed by atoms with Gasteiger partial charge in [0.2, 0.25) is 11.8 Å². The van der Waals surface area contributed by atoms with Crippen LogP contribution < -0.4 is 9.62 Å². The van der Waals surface area contributed by atoms with Crippen molar-refractivity contribution in [3.05, 3.63) is 95.3 Å². The molecule has 1 atom stereocenters. The van der Waals surface area contributed by atoms with Gasteiger partial charge in [0.1, 0.15) is 18.4 Å². The average Bonchev–Trinajstić information content (AvgIpc) is 2.90. The smallest absolute Gasteiger partial charge is 0.264 e. The molecule has 0 fully saturated rings. The van der Waals surface area contributed by atoms with Gasteiger partial charge >= 0.3 is 0 Å². The highest BCUT2D eigenvalue weighted by molar-refractivity contribution is 7.92. The van der Waals surface area contributed by atoms with Crippen LogP contribution in [0.2, 0.25) is 5.02 Å². The second-order valence-corrected chi connectivity index (χ2v) is 10.5. The summed E-state index contributed by atoms with van der Waals surface area (Å²) in [5.74, 6) is -1.65. The Labute approximate surface area is 221 Å². The summed E-state index contributed by atoms with van der Waals surface area (Å²) >= 11 is 5.96. The third kappa shape index (κ3) is 6.87. The van der Waals surface area contributed by atoms with Gasteiger partial charge in [-0.3, -0.25) is 13.9 Å². The van der Waals surface area contributed by atoms with Crippen molar-refractivity contribution in [1.82, 2.24) is 10.2 Å². The Morgan fingerprint density at radius 3 is 2.16 bits per heavy atom. The van der Waals surface area contributed by atoms with Gasteiger partial charge < -0.3 is 10.2 Å². The van der Waals surface area contributed by atoms with Crippen LogP contribution in [-0.4, -0.2) is 44.3 Å². The summed E-state index contributed by atoms with van der Waals surface area (Å²) in [5, 5.41) is 2.46. The molecule has 0 aliphatic rings. The number of nitrogens with one attached hydrogen (secondary N) is 1. The zero-order chi connectivity index (χ0) is 27.0. The zero-order valence-electron chi connectivity index (χ0n) is 20.6. The van der Waals surface area contributed by atoms with E-state index in [9.17, 15) is 22.4 Å². The normalized spacial score (nSPS) is 12.0. The van der Waals surface area contributed by atoms with E-state index in [-0.39, 0.29) is 28.1 Å². The molecule has 0 radical (unpaired) electrons. The standard InChI is InChI=1S/C27H29ClFN3O4S/c1-3-25(27(34)30-4-2)31(18-20-11-7-5-8-12-20)26(33)19-32(21-15-16-24(29)23(28)17-21)37(35,36)22-13-9-6-10-14-22/h5-17,25H,3-4,18-19H2,1-2H3,(H,30,34)/t25-/m0/s1. The van der Waals surface area contributed by atoms with Gasteiger partial charge in [-0.15, -0.1) is 0 Å². The summed E-state index contributed by atoms with van der Waals surface area (Å²) in [4.78, 5) is 28.0. The van der Waals surface area contributed by atoms with Crippen molar-refractivity contribution >= 4 is 39.1 Å². The van der Waals surface area contributed by atoms with E-state index < -0.39 is 34.3 Å². The summed E-state index contributed by atoms with van der Waals surface area (Å²) < 4.78 is 42.1. The van der Waals surface area contributed by atoms with E-state index in [0.717, 1.165) is 22.0 Å². The second kappa shape index (κ2) is 12.7. The van der Waals surface area contributed by atoms with Crippen LogP contribution in [-0.2, 0) is 26.2 Å². The minimum absolute atomic E-state index is 0.0225. The number of carbonyl (C=O) groups excluding carboxylic acids is 2. The number of hydrogen-bond donors (Lipinski definition) is 1. The van der Waals surface area contributed by atoms with Gasteiger partial charge in [-0.25, -0.2) is 12.8 Å². The van der Waals surface area contributed by atoms with Crippen molar-refractivity contribution in [2.45, 2.75) is 37.8 Å². The summed E-state index contributed by atoms with van der Waals surface area (Å²) in [6, 6.07) is 19.3. The van der Waals surface area contributed by atoms with E-state index in [1.165, 1.54) is 23.1 Å². The van der Waals surface area contributed by atoms with Crippen LogP contribution in [0.5, 0.6) is 0 Å². The first-order chi connectivity index (χ1) is 17.7. The highest BCUT2D eigenvalue weighted by Gasteiger charge is 2.33. The van der Waals surface area contributed by atoms with Crippen molar-refractivity contribution < 1.29 is 22.4 Å². The molecule has 0 aromatic heterocycles. The number of benzene rings is 3. The van der Waals surface area contributed by atoms with Crippen LogP contribution in [0.15, 0.2) is 83.8 Å². The molecule has 196 valence electrons. The van der Waals surface area contributed by atoms with Crippen LogP contribution in [0.1, 0.15) is 25.8 Å². The number of halogens is 2. The quantitative estimate of drug-likeness (QED) is 0.381. The lowest BCUT2D eigenvalue weighted by molar-refractivity contribution is -0.140. The van der Waals surface area contributed by atoms with Crippen LogP contribution >= 0.6 is 11.6 Å². The molecule has 0 heterocycles. The molecule has 0 spiro atoms. The number of likely N-dealkylation sites (N-methyl/N-ethyl adjacent to an activating group) is 1. The average molecular weight is 546 g/mol. The van der Waals surface area contributed by atoms with Crippen LogP contribution in [0.3, 0.4) is 0 Å². The molecule has 0 aliphatic carbocycles. The van der Waals surface area contributed by atoms with E-state index in [0.29, 0.717) is 13.0 Å². The maximum atomic E-state index is 13.9. The van der Waals surface area contributed by atoms with Gasteiger partial charge in [-0.2, -0.15) is 0 Å². The van der Waals surface area contributed by atoms with Crippen molar-refractivity contribution in [3.63, 3.8) is 0 Å². The Hall–Kier alpha value is -3.43. The van der Waals surface area contributed by atoms with Gasteiger partial charge in [0.05, 0.1) is 15.6 Å². The number of anilines is 1. The van der Waals surface area contributed by atoms with Crippen LogP contribution in [0.4, 0.5) is 10.1 Å². The topological polar surface area (TPSA) is 86.8 Å². The summed E-state index contributed by atoms with van der Waals surface area (Å²) in [5.41, 5.74) is 0.801. The molecule has 0 unspecified atom stereocenters. The SMILES string of the molecule is CCNC(=O)[C@H](CC)N(Cc1ccccc1)C(=O)CN(c1ccc(F)c(Cl)c1)S(=O)(=O)c1ccccc1. The first-order valence-electron chi connectivity index (χ1n) is 11.8. The van der Waals surface area contributed by atoms with Gasteiger partial charge in [0.25, 0.3) is 10.0 Å². The third-order valence-corrected chi connectivity index (χ3v) is 7.81. The molecule has 7 nitrogen and oxygen atoms in total. The number of nitrogens with zero attached hydrogens (tertiary/aromatic N) is 2. The molecule has 0 bridgehead atoms. The van der Waals surface area contributed by atoms with Crippen molar-refractivity contribution in [2.75, 3.05) is 17.4 Å². The summed E-state index contributed by atoms with van der Waals surface area (Å²) in [6.07, 6.45) is 0.318. The molecular weight excluding hydrogens is 517 g/mol. The Morgan fingerprint density at radius 1 is 0.973 bits per heavy atom. The molecular formula is C27H29ClFN3O4S. The number of carbonyl (C=O) groups is 2. The molecule has 3 aromatic carbocycles. The Morgan fingerprint density at radius 2 is 1.59 bits per heavy atom. The maximum absolute atomic E-state index is 13.9. The molecule has 0 aliphatic heterocycles. The molecule has 2 amide bonds. The van der Waals surface area contributed by atoms with Crippen molar-refractivity contribution in [2.24, 2.45) is 0 Å². The van der Waals surface area contributed by atoms with Crippen molar-refractivity contribution in [1.29, 1.82) is 0 Å². The van der Waals surface area contributed by atoms with E-state index >= 15 is 0 Å². The third-order valence-electron chi connectivity index (χ3n) is 5.73. The van der Waals surface area contributed by atoms with Gasteiger partial charge in [0, 0.05) is 13.1 Å².